The van der Waals surface area contributed by atoms with Gasteiger partial charge in [0, 0.05) is 24.2 Å². The van der Waals surface area contributed by atoms with Gasteiger partial charge in [0.1, 0.15) is 0 Å². The van der Waals surface area contributed by atoms with Crippen LogP contribution in [0.15, 0.2) is 0 Å². The highest BCUT2D eigenvalue weighted by Gasteiger charge is 2.42. The predicted molar refractivity (Wildman–Crippen MR) is 83.8 cm³/mol. The van der Waals surface area contributed by atoms with E-state index >= 15 is 0 Å². The lowest BCUT2D eigenvalue weighted by Crippen LogP contribution is -2.46. The van der Waals surface area contributed by atoms with Gasteiger partial charge in [-0.05, 0) is 83.2 Å². The maximum absolute atomic E-state index is 2.92. The molecule has 0 radical (unpaired) electrons. The van der Waals surface area contributed by atoms with Gasteiger partial charge in [0.05, 0.1) is 0 Å². The summed E-state index contributed by atoms with van der Waals surface area (Å²) in [6.45, 7) is 3.87. The third-order valence-corrected chi connectivity index (χ3v) is 7.19. The Morgan fingerprint density at radius 1 is 0.850 bits per heavy atom. The molecule has 4 saturated heterocycles. The van der Waals surface area contributed by atoms with Gasteiger partial charge < -0.3 is 4.90 Å². The van der Waals surface area contributed by atoms with E-state index in [9.17, 15) is 0 Å². The second-order valence-electron chi connectivity index (χ2n) is 8.29. The molecular weight excluding hydrogens is 244 g/mol. The Bertz CT molecular complexity index is 341. The van der Waals surface area contributed by atoms with Gasteiger partial charge in [-0.2, -0.15) is 0 Å². The average molecular weight is 276 g/mol. The van der Waals surface area contributed by atoms with Crippen molar-refractivity contribution in [3.63, 3.8) is 0 Å². The molecule has 4 heterocycles. The Hall–Kier alpha value is -0.0800. The maximum atomic E-state index is 2.92. The van der Waals surface area contributed by atoms with Gasteiger partial charge in [-0.1, -0.05) is 6.92 Å². The third kappa shape index (κ3) is 2.23. The van der Waals surface area contributed by atoms with Crippen molar-refractivity contribution in [1.29, 1.82) is 0 Å². The zero-order chi connectivity index (χ0) is 13.7. The van der Waals surface area contributed by atoms with Crippen LogP contribution in [0.25, 0.3) is 0 Å². The molecule has 0 spiro atoms. The third-order valence-electron chi connectivity index (χ3n) is 7.19. The lowest BCUT2D eigenvalue weighted by atomic mass is 9.86. The Morgan fingerprint density at radius 3 is 2.25 bits per heavy atom. The van der Waals surface area contributed by atoms with Crippen LogP contribution < -0.4 is 0 Å². The fourth-order valence-electron chi connectivity index (χ4n) is 6.12. The van der Waals surface area contributed by atoms with Crippen LogP contribution in [0.1, 0.15) is 64.7 Å². The van der Waals surface area contributed by atoms with E-state index in [2.05, 4.69) is 23.8 Å². The average Bonchev–Trinajstić information content (AvgIpc) is 2.81. The summed E-state index contributed by atoms with van der Waals surface area (Å²) < 4.78 is 0. The van der Waals surface area contributed by atoms with Gasteiger partial charge in [-0.3, -0.25) is 4.90 Å². The molecule has 5 unspecified atom stereocenters. The molecule has 4 rings (SSSR count). The monoisotopic (exact) mass is 276 g/mol. The minimum Gasteiger partial charge on any atom is -0.300 e. The summed E-state index contributed by atoms with van der Waals surface area (Å²) in [6, 6.07) is 3.75. The van der Waals surface area contributed by atoms with Gasteiger partial charge in [0.25, 0.3) is 0 Å². The molecule has 0 aliphatic carbocycles. The summed E-state index contributed by atoms with van der Waals surface area (Å²) in [4.78, 5) is 5.64. The maximum Gasteiger partial charge on any atom is 0.0124 e. The van der Waals surface area contributed by atoms with E-state index < -0.39 is 0 Å². The first-order valence-corrected chi connectivity index (χ1v) is 9.20. The lowest BCUT2D eigenvalue weighted by Gasteiger charge is -2.41. The number of fused-ring (bicyclic) bond motifs is 4. The Labute approximate surface area is 124 Å². The van der Waals surface area contributed by atoms with Gasteiger partial charge in [-0.25, -0.2) is 0 Å². The molecule has 4 fully saturated rings. The number of hydrogen-bond donors (Lipinski definition) is 0. The summed E-state index contributed by atoms with van der Waals surface area (Å²) in [6.07, 6.45) is 13.4. The molecule has 20 heavy (non-hydrogen) atoms. The molecule has 0 N–H and O–H groups in total. The van der Waals surface area contributed by atoms with E-state index in [0.717, 1.165) is 36.0 Å². The van der Waals surface area contributed by atoms with Crippen molar-refractivity contribution in [1.82, 2.24) is 9.80 Å². The first-order chi connectivity index (χ1) is 9.72. The number of piperidine rings is 2. The summed E-state index contributed by atoms with van der Waals surface area (Å²) in [5.41, 5.74) is 0. The van der Waals surface area contributed by atoms with Crippen molar-refractivity contribution in [3.05, 3.63) is 0 Å². The Balaban J connectivity index is 1.35. The number of hydrogen-bond acceptors (Lipinski definition) is 2. The summed E-state index contributed by atoms with van der Waals surface area (Å²) in [5, 5.41) is 0. The zero-order valence-corrected chi connectivity index (χ0v) is 13.4. The lowest BCUT2D eigenvalue weighted by molar-refractivity contribution is 0.0738. The fraction of sp³-hybridized carbons (Fsp3) is 1.00. The molecule has 4 aliphatic rings. The van der Waals surface area contributed by atoms with Gasteiger partial charge >= 0.3 is 0 Å². The number of rotatable bonds is 3. The van der Waals surface area contributed by atoms with E-state index in [1.54, 1.807) is 0 Å². The minimum atomic E-state index is 0.926. The SMILES string of the molecule is CC1CC2CCC(C1)N2CCC1CCC2CCC1N2C. The standard InChI is InChI=1S/C18H32N2/c1-13-11-16-5-6-17(12-13)20(16)10-9-14-3-4-15-7-8-18(14)19(15)2/h13-18H,3-12H2,1-2H3. The summed E-state index contributed by atoms with van der Waals surface area (Å²) in [7, 11) is 2.39. The van der Waals surface area contributed by atoms with Crippen LogP contribution in [0.4, 0.5) is 0 Å². The second-order valence-corrected chi connectivity index (χ2v) is 8.29. The molecule has 0 amide bonds. The highest BCUT2D eigenvalue weighted by atomic mass is 15.2. The van der Waals surface area contributed by atoms with Crippen molar-refractivity contribution < 1.29 is 0 Å². The van der Waals surface area contributed by atoms with Crippen LogP contribution >= 0.6 is 0 Å². The highest BCUT2D eigenvalue weighted by Crippen LogP contribution is 2.42. The summed E-state index contributed by atoms with van der Waals surface area (Å²) in [5.74, 6) is 1.98. The molecule has 114 valence electrons. The van der Waals surface area contributed by atoms with E-state index in [4.69, 9.17) is 0 Å². The highest BCUT2D eigenvalue weighted by molar-refractivity contribution is 4.97. The van der Waals surface area contributed by atoms with Gasteiger partial charge in [-0.15, -0.1) is 0 Å². The fourth-order valence-corrected chi connectivity index (χ4v) is 6.12. The molecule has 2 nitrogen and oxygen atoms in total. The van der Waals surface area contributed by atoms with Gasteiger partial charge in [0.15, 0.2) is 0 Å². The second kappa shape index (κ2) is 5.28. The van der Waals surface area contributed by atoms with Crippen molar-refractivity contribution in [2.24, 2.45) is 11.8 Å². The predicted octanol–water partition coefficient (Wildman–Crippen LogP) is 3.51. The molecule has 4 aliphatic heterocycles. The Morgan fingerprint density at radius 2 is 1.50 bits per heavy atom. The van der Waals surface area contributed by atoms with E-state index in [1.807, 2.05) is 0 Å². The van der Waals surface area contributed by atoms with Crippen molar-refractivity contribution in [2.75, 3.05) is 13.6 Å². The van der Waals surface area contributed by atoms with Crippen molar-refractivity contribution >= 4 is 0 Å². The topological polar surface area (TPSA) is 6.48 Å². The normalized spacial score (nSPS) is 48.9. The minimum absolute atomic E-state index is 0.926. The zero-order valence-electron chi connectivity index (χ0n) is 13.4. The molecular formula is C18H32N2. The first kappa shape index (κ1) is 13.6. The molecule has 5 atom stereocenters. The van der Waals surface area contributed by atoms with Crippen LogP contribution in [-0.4, -0.2) is 47.6 Å². The quantitative estimate of drug-likeness (QED) is 0.778. The first-order valence-electron chi connectivity index (χ1n) is 9.20. The van der Waals surface area contributed by atoms with Crippen molar-refractivity contribution in [3.8, 4) is 0 Å². The van der Waals surface area contributed by atoms with E-state index in [1.165, 1.54) is 64.3 Å². The smallest absolute Gasteiger partial charge is 0.0124 e. The van der Waals surface area contributed by atoms with Crippen LogP contribution in [0.2, 0.25) is 0 Å². The molecule has 0 aromatic carbocycles. The molecule has 4 bridgehead atoms. The van der Waals surface area contributed by atoms with E-state index in [0.29, 0.717) is 0 Å². The van der Waals surface area contributed by atoms with Crippen LogP contribution in [-0.2, 0) is 0 Å². The van der Waals surface area contributed by atoms with E-state index in [-0.39, 0.29) is 0 Å². The molecule has 0 saturated carbocycles. The van der Waals surface area contributed by atoms with Crippen LogP contribution in [0.3, 0.4) is 0 Å². The summed E-state index contributed by atoms with van der Waals surface area (Å²) >= 11 is 0. The molecule has 0 aromatic heterocycles. The van der Waals surface area contributed by atoms with Gasteiger partial charge in [0.2, 0.25) is 0 Å². The molecule has 0 aromatic rings. The number of nitrogens with zero attached hydrogens (tertiary/aromatic N) is 2. The van der Waals surface area contributed by atoms with Crippen LogP contribution in [0, 0.1) is 11.8 Å². The van der Waals surface area contributed by atoms with Crippen LogP contribution in [0.5, 0.6) is 0 Å². The van der Waals surface area contributed by atoms with Crippen molar-refractivity contribution in [2.45, 2.75) is 88.9 Å². The Kier molecular flexibility index (Phi) is 3.58. The molecule has 2 heteroatoms. The largest absolute Gasteiger partial charge is 0.300 e.